The number of aliphatic hydroxyl groups excluding tert-OH is 1. The summed E-state index contributed by atoms with van der Waals surface area (Å²) in [5.74, 6) is 0.417. The Morgan fingerprint density at radius 3 is 2.50 bits per heavy atom. The number of Topliss-reactive ketones (excluding diaryl/α,β-unsaturated/α-hetero) is 1. The van der Waals surface area contributed by atoms with E-state index >= 15 is 0 Å². The molecule has 1 atom stereocenters. The van der Waals surface area contributed by atoms with Gasteiger partial charge in [-0.05, 0) is 54.3 Å². The first kappa shape index (κ1) is 27.1. The first-order chi connectivity index (χ1) is 19.5. The van der Waals surface area contributed by atoms with Gasteiger partial charge in [-0.1, -0.05) is 49.7 Å². The van der Waals surface area contributed by atoms with Crippen molar-refractivity contribution in [2.24, 2.45) is 0 Å². The molecule has 8 nitrogen and oxygen atoms in total. The Hall–Kier alpha value is -4.46. The molecule has 3 aromatic rings. The summed E-state index contributed by atoms with van der Waals surface area (Å²) < 4.78 is 22.8. The van der Waals surface area contributed by atoms with Crippen molar-refractivity contribution in [1.82, 2.24) is 4.90 Å². The summed E-state index contributed by atoms with van der Waals surface area (Å²) in [6.07, 6.45) is 2.44. The number of nitrogens with zero attached hydrogens (tertiary/aromatic N) is 1. The zero-order valence-electron chi connectivity index (χ0n) is 22.7. The van der Waals surface area contributed by atoms with Gasteiger partial charge in [0.2, 0.25) is 0 Å². The normalized spacial score (nSPS) is 17.6. The Morgan fingerprint density at radius 2 is 1.75 bits per heavy atom. The lowest BCUT2D eigenvalue weighted by atomic mass is 9.94. The molecule has 0 bridgehead atoms. The number of likely N-dealkylation sites (tertiary alicyclic amines) is 1. The quantitative estimate of drug-likeness (QED) is 0.160. The molecule has 3 aromatic carbocycles. The molecular weight excluding hydrogens is 510 g/mol. The predicted octanol–water partition coefficient (Wildman–Crippen LogP) is 5.31. The highest BCUT2D eigenvalue weighted by atomic mass is 16.6. The summed E-state index contributed by atoms with van der Waals surface area (Å²) >= 11 is 0. The Kier molecular flexibility index (Phi) is 8.24. The van der Waals surface area contributed by atoms with E-state index in [2.05, 4.69) is 6.92 Å². The number of carbonyl (C=O) groups excluding carboxylic acids is 2. The molecule has 0 radical (unpaired) electrons. The van der Waals surface area contributed by atoms with Crippen LogP contribution < -0.4 is 18.9 Å². The van der Waals surface area contributed by atoms with Crippen molar-refractivity contribution < 1.29 is 33.6 Å². The van der Waals surface area contributed by atoms with Gasteiger partial charge in [0.15, 0.2) is 23.0 Å². The molecule has 40 heavy (non-hydrogen) atoms. The first-order valence-electron chi connectivity index (χ1n) is 13.5. The van der Waals surface area contributed by atoms with E-state index in [1.165, 1.54) is 4.90 Å². The van der Waals surface area contributed by atoms with Crippen molar-refractivity contribution in [3.63, 3.8) is 0 Å². The van der Waals surface area contributed by atoms with Crippen LogP contribution in [0.25, 0.3) is 5.76 Å². The lowest BCUT2D eigenvalue weighted by molar-refractivity contribution is -0.139. The Labute approximate surface area is 233 Å². The van der Waals surface area contributed by atoms with Crippen molar-refractivity contribution in [1.29, 1.82) is 0 Å². The second kappa shape index (κ2) is 12.2. The number of ether oxygens (including phenoxy) is 4. The minimum absolute atomic E-state index is 0.0106. The number of ketones is 1. The summed E-state index contributed by atoms with van der Waals surface area (Å²) in [4.78, 5) is 28.4. The Bertz CT molecular complexity index is 1420. The number of carbonyl (C=O) groups is 2. The summed E-state index contributed by atoms with van der Waals surface area (Å²) in [5, 5.41) is 11.5. The summed E-state index contributed by atoms with van der Waals surface area (Å²) in [7, 11) is 1.55. The van der Waals surface area contributed by atoms with Gasteiger partial charge in [-0.2, -0.15) is 0 Å². The zero-order valence-corrected chi connectivity index (χ0v) is 22.7. The molecule has 5 rings (SSSR count). The van der Waals surface area contributed by atoms with Crippen LogP contribution in [0.3, 0.4) is 0 Å². The van der Waals surface area contributed by atoms with Gasteiger partial charge in [0.05, 0.1) is 25.3 Å². The fourth-order valence-corrected chi connectivity index (χ4v) is 5.00. The summed E-state index contributed by atoms with van der Waals surface area (Å²) in [6, 6.07) is 19.3. The largest absolute Gasteiger partial charge is 0.507 e. The van der Waals surface area contributed by atoms with Crippen LogP contribution in [0, 0.1) is 0 Å². The van der Waals surface area contributed by atoms with Crippen LogP contribution >= 0.6 is 0 Å². The molecule has 208 valence electrons. The fourth-order valence-electron chi connectivity index (χ4n) is 5.00. The number of rotatable bonds is 10. The van der Waals surface area contributed by atoms with Gasteiger partial charge >= 0.3 is 0 Å². The number of benzene rings is 3. The van der Waals surface area contributed by atoms with Gasteiger partial charge in [0.25, 0.3) is 11.7 Å². The van der Waals surface area contributed by atoms with Crippen LogP contribution in [0.2, 0.25) is 0 Å². The van der Waals surface area contributed by atoms with Crippen molar-refractivity contribution in [3.05, 3.63) is 89.0 Å². The highest BCUT2D eigenvalue weighted by Gasteiger charge is 2.46. The van der Waals surface area contributed by atoms with Crippen molar-refractivity contribution in [3.8, 4) is 23.0 Å². The topological polar surface area (TPSA) is 94.5 Å². The first-order valence-corrected chi connectivity index (χ1v) is 13.5. The molecule has 2 heterocycles. The average molecular weight is 544 g/mol. The number of hydrogen-bond donors (Lipinski definition) is 1. The van der Waals surface area contributed by atoms with Gasteiger partial charge in [-0.3, -0.25) is 9.59 Å². The van der Waals surface area contributed by atoms with Crippen LogP contribution in [0.5, 0.6) is 23.0 Å². The molecule has 2 aliphatic heterocycles. The van der Waals surface area contributed by atoms with Crippen LogP contribution in [0.15, 0.2) is 72.3 Å². The molecular formula is C32H33NO7. The number of unbranched alkanes of at least 4 members (excludes halogenated alkanes) is 1. The third-order valence-electron chi connectivity index (χ3n) is 7.10. The fraction of sp³-hybridized carbons (Fsp3) is 0.312. The highest BCUT2D eigenvalue weighted by Crippen LogP contribution is 2.43. The smallest absolute Gasteiger partial charge is 0.295 e. The maximum atomic E-state index is 13.5. The number of aliphatic hydroxyl groups is 1. The van der Waals surface area contributed by atoms with Gasteiger partial charge in [-0.15, -0.1) is 0 Å². The van der Waals surface area contributed by atoms with Crippen molar-refractivity contribution in [2.45, 2.75) is 32.2 Å². The minimum atomic E-state index is -0.824. The van der Waals surface area contributed by atoms with Crippen LogP contribution in [-0.2, 0) is 16.0 Å². The third-order valence-corrected chi connectivity index (χ3v) is 7.10. The summed E-state index contributed by atoms with van der Waals surface area (Å²) in [5.41, 5.74) is 2.04. The molecule has 0 saturated carbocycles. The van der Waals surface area contributed by atoms with Crippen LogP contribution in [0.1, 0.15) is 42.5 Å². The van der Waals surface area contributed by atoms with E-state index in [-0.39, 0.29) is 17.9 Å². The second-order valence-corrected chi connectivity index (χ2v) is 9.70. The number of amides is 1. The van der Waals surface area contributed by atoms with Gasteiger partial charge in [-0.25, -0.2) is 0 Å². The van der Waals surface area contributed by atoms with Gasteiger partial charge in [0.1, 0.15) is 19.0 Å². The van der Waals surface area contributed by atoms with E-state index in [9.17, 15) is 14.7 Å². The average Bonchev–Trinajstić information content (AvgIpc) is 3.25. The molecule has 0 aliphatic carbocycles. The lowest BCUT2D eigenvalue weighted by Crippen LogP contribution is -2.31. The van der Waals surface area contributed by atoms with E-state index in [1.807, 2.05) is 36.4 Å². The van der Waals surface area contributed by atoms with Gasteiger partial charge in [0, 0.05) is 12.1 Å². The maximum Gasteiger partial charge on any atom is 0.295 e. The number of fused-ring (bicyclic) bond motifs is 1. The number of hydrogen-bond acceptors (Lipinski definition) is 7. The van der Waals surface area contributed by atoms with E-state index in [0.717, 1.165) is 18.4 Å². The van der Waals surface area contributed by atoms with Crippen molar-refractivity contribution >= 4 is 17.4 Å². The molecule has 8 heteroatoms. The molecule has 0 unspecified atom stereocenters. The molecule has 1 fully saturated rings. The van der Waals surface area contributed by atoms with Crippen LogP contribution in [-0.4, -0.2) is 55.2 Å². The molecule has 0 spiro atoms. The molecule has 1 amide bonds. The third kappa shape index (κ3) is 5.47. The highest BCUT2D eigenvalue weighted by molar-refractivity contribution is 6.46. The zero-order chi connectivity index (χ0) is 28.1. The van der Waals surface area contributed by atoms with Gasteiger partial charge < -0.3 is 29.0 Å². The van der Waals surface area contributed by atoms with E-state index in [1.54, 1.807) is 37.4 Å². The molecule has 1 saturated heterocycles. The molecule has 0 aromatic heterocycles. The second-order valence-electron chi connectivity index (χ2n) is 9.70. The minimum Gasteiger partial charge on any atom is -0.507 e. The van der Waals surface area contributed by atoms with E-state index in [0.29, 0.717) is 60.4 Å². The SMILES string of the molecule is CCCCOc1ccc([C@@H]2C(=C(O)c3ccc4c(c3)OCCO4)C(=O)C(=O)N2CCc2ccccc2)cc1OC. The maximum absolute atomic E-state index is 13.5. The van der Waals surface area contributed by atoms with Crippen molar-refractivity contribution in [2.75, 3.05) is 33.5 Å². The monoisotopic (exact) mass is 543 g/mol. The summed E-state index contributed by atoms with van der Waals surface area (Å²) in [6.45, 7) is 3.74. The standard InChI is InChI=1S/C32H33NO7/c1-3-4-16-38-24-12-10-22(19-26(24)37-2)29-28(30(34)23-11-13-25-27(20-23)40-18-17-39-25)31(35)32(36)33(29)15-14-21-8-6-5-7-9-21/h5-13,19-20,29,34H,3-4,14-18H2,1-2H3/t29-/m1/s1. The lowest BCUT2D eigenvalue weighted by Gasteiger charge is -2.26. The molecule has 2 aliphatic rings. The molecule has 1 N–H and O–H groups in total. The van der Waals surface area contributed by atoms with Crippen LogP contribution in [0.4, 0.5) is 0 Å². The van der Waals surface area contributed by atoms with E-state index in [4.69, 9.17) is 18.9 Å². The predicted molar refractivity (Wildman–Crippen MR) is 150 cm³/mol. The Balaban J connectivity index is 1.57. The van der Waals surface area contributed by atoms with E-state index < -0.39 is 17.7 Å². The number of methoxy groups -OCH3 is 1. The Morgan fingerprint density at radius 1 is 0.975 bits per heavy atom.